The van der Waals surface area contributed by atoms with Crippen molar-refractivity contribution in [2.75, 3.05) is 13.1 Å². The first kappa shape index (κ1) is 21.1. The summed E-state index contributed by atoms with van der Waals surface area (Å²) in [6, 6.07) is 16.0. The van der Waals surface area contributed by atoms with E-state index in [0.717, 1.165) is 35.8 Å². The largest absolute Gasteiger partial charge is 0.349 e. The van der Waals surface area contributed by atoms with E-state index < -0.39 is 0 Å². The van der Waals surface area contributed by atoms with Crippen molar-refractivity contribution >= 4 is 41.7 Å². The summed E-state index contributed by atoms with van der Waals surface area (Å²) in [5, 5.41) is 7.28. The lowest BCUT2D eigenvalue weighted by molar-refractivity contribution is 0.0914. The highest BCUT2D eigenvalue weighted by Gasteiger charge is 2.22. The maximum absolute atomic E-state index is 12.4. The second-order valence-corrected chi connectivity index (χ2v) is 7.97. The van der Waals surface area contributed by atoms with Gasteiger partial charge in [-0.05, 0) is 67.4 Å². The van der Waals surface area contributed by atoms with Crippen molar-refractivity contribution in [2.45, 2.75) is 30.0 Å². The molecule has 2 unspecified atom stereocenters. The summed E-state index contributed by atoms with van der Waals surface area (Å²) in [5.74, 6) is 1.36. The maximum Gasteiger partial charge on any atom is 0.251 e. The molecule has 2 aromatic rings. The Hall–Kier alpha value is -1.20. The van der Waals surface area contributed by atoms with Crippen LogP contribution in [0.4, 0.5) is 0 Å². The number of rotatable bonds is 5. The topological polar surface area (TPSA) is 41.1 Å². The Kier molecular flexibility index (Phi) is 8.29. The third kappa shape index (κ3) is 5.92. The molecule has 6 heteroatoms. The van der Waals surface area contributed by atoms with E-state index >= 15 is 0 Å². The van der Waals surface area contributed by atoms with Gasteiger partial charge in [0, 0.05) is 27.3 Å². The summed E-state index contributed by atoms with van der Waals surface area (Å²) >= 11 is 7.66. The Bertz CT molecular complexity index is 707. The predicted octanol–water partition coefficient (Wildman–Crippen LogP) is 4.78. The number of thioether (sulfide) groups is 1. The number of hydrogen-bond acceptors (Lipinski definition) is 3. The van der Waals surface area contributed by atoms with E-state index in [1.54, 1.807) is 11.8 Å². The zero-order chi connectivity index (χ0) is 17.6. The molecular formula is C20H24Cl2N2OS. The Morgan fingerprint density at radius 2 is 1.88 bits per heavy atom. The van der Waals surface area contributed by atoms with Crippen LogP contribution in [-0.4, -0.2) is 25.0 Å². The molecule has 3 nitrogen and oxygen atoms in total. The average Bonchev–Trinajstić information content (AvgIpc) is 2.63. The molecule has 1 aliphatic heterocycles. The van der Waals surface area contributed by atoms with E-state index in [-0.39, 0.29) is 24.4 Å². The minimum atomic E-state index is 0. The number of carbonyl (C=O) groups excluding carboxylic acids is 1. The zero-order valence-electron chi connectivity index (χ0n) is 14.7. The molecule has 3 rings (SSSR count). The van der Waals surface area contributed by atoms with Crippen molar-refractivity contribution in [1.29, 1.82) is 0 Å². The molecule has 0 aliphatic carbocycles. The van der Waals surface area contributed by atoms with Crippen LogP contribution in [0.3, 0.4) is 0 Å². The normalized spacial score (nSPS) is 19.5. The Labute approximate surface area is 170 Å². The molecule has 1 aliphatic rings. The molecule has 0 bridgehead atoms. The quantitative estimate of drug-likeness (QED) is 0.696. The van der Waals surface area contributed by atoms with Gasteiger partial charge in [0.25, 0.3) is 5.91 Å². The molecule has 140 valence electrons. The number of amides is 1. The highest BCUT2D eigenvalue weighted by Crippen LogP contribution is 2.24. The van der Waals surface area contributed by atoms with E-state index in [1.165, 1.54) is 10.5 Å². The van der Waals surface area contributed by atoms with E-state index in [1.807, 2.05) is 48.5 Å². The Morgan fingerprint density at radius 3 is 2.54 bits per heavy atom. The number of hydrogen-bond donors (Lipinski definition) is 2. The number of halogens is 2. The first-order chi connectivity index (χ1) is 12.1. The van der Waals surface area contributed by atoms with Gasteiger partial charge in [0.05, 0.1) is 0 Å². The minimum Gasteiger partial charge on any atom is -0.349 e. The highest BCUT2D eigenvalue weighted by molar-refractivity contribution is 7.98. The monoisotopic (exact) mass is 410 g/mol. The smallest absolute Gasteiger partial charge is 0.251 e. The van der Waals surface area contributed by atoms with Gasteiger partial charge in [-0.15, -0.1) is 24.2 Å². The molecule has 0 radical (unpaired) electrons. The molecule has 2 N–H and O–H groups in total. The fourth-order valence-electron chi connectivity index (χ4n) is 2.93. The molecule has 0 saturated carbocycles. The van der Waals surface area contributed by atoms with Crippen LogP contribution in [0.15, 0.2) is 53.4 Å². The SMILES string of the molecule is CC1CNCCC1NC(=O)c1ccc(CSc2ccc(Cl)cc2)cc1.Cl. The van der Waals surface area contributed by atoms with Crippen LogP contribution < -0.4 is 10.6 Å². The van der Waals surface area contributed by atoms with Crippen molar-refractivity contribution < 1.29 is 4.79 Å². The molecule has 1 heterocycles. The van der Waals surface area contributed by atoms with E-state index in [2.05, 4.69) is 17.6 Å². The lowest BCUT2D eigenvalue weighted by Crippen LogP contribution is -2.48. The molecule has 26 heavy (non-hydrogen) atoms. The van der Waals surface area contributed by atoms with Gasteiger partial charge in [0.15, 0.2) is 0 Å². The van der Waals surface area contributed by atoms with Crippen LogP contribution in [0, 0.1) is 5.92 Å². The third-order valence-electron chi connectivity index (χ3n) is 4.54. The molecule has 0 spiro atoms. The van der Waals surface area contributed by atoms with Gasteiger partial charge in [0.2, 0.25) is 0 Å². The fourth-order valence-corrected chi connectivity index (χ4v) is 3.91. The van der Waals surface area contributed by atoms with Crippen LogP contribution in [-0.2, 0) is 5.75 Å². The van der Waals surface area contributed by atoms with Crippen LogP contribution in [0.2, 0.25) is 5.02 Å². The molecule has 2 atom stereocenters. The second-order valence-electron chi connectivity index (χ2n) is 6.49. The second kappa shape index (κ2) is 10.2. The number of carbonyl (C=O) groups is 1. The van der Waals surface area contributed by atoms with Crippen molar-refractivity contribution in [3.63, 3.8) is 0 Å². The van der Waals surface area contributed by atoms with Crippen molar-refractivity contribution in [3.05, 3.63) is 64.7 Å². The third-order valence-corrected chi connectivity index (χ3v) is 5.87. The summed E-state index contributed by atoms with van der Waals surface area (Å²) < 4.78 is 0. The van der Waals surface area contributed by atoms with Gasteiger partial charge >= 0.3 is 0 Å². The first-order valence-electron chi connectivity index (χ1n) is 8.61. The number of benzene rings is 2. The van der Waals surface area contributed by atoms with Gasteiger partial charge in [-0.1, -0.05) is 30.7 Å². The summed E-state index contributed by atoms with van der Waals surface area (Å²) in [7, 11) is 0. The van der Waals surface area contributed by atoms with Crippen molar-refractivity contribution in [3.8, 4) is 0 Å². The summed E-state index contributed by atoms with van der Waals surface area (Å²) in [5.41, 5.74) is 1.93. The highest BCUT2D eigenvalue weighted by atomic mass is 35.5. The van der Waals surface area contributed by atoms with Crippen LogP contribution in [0.25, 0.3) is 0 Å². The molecule has 1 fully saturated rings. The van der Waals surface area contributed by atoms with Gasteiger partial charge < -0.3 is 10.6 Å². The molecule has 0 aromatic heterocycles. The summed E-state index contributed by atoms with van der Waals surface area (Å²) in [4.78, 5) is 13.6. The van der Waals surface area contributed by atoms with Gasteiger partial charge in [0.1, 0.15) is 0 Å². The first-order valence-corrected chi connectivity index (χ1v) is 9.97. The molecule has 1 amide bonds. The van der Waals surface area contributed by atoms with Crippen molar-refractivity contribution in [2.24, 2.45) is 5.92 Å². The molecule has 1 saturated heterocycles. The zero-order valence-corrected chi connectivity index (χ0v) is 17.1. The Balaban J connectivity index is 0.00000243. The average molecular weight is 411 g/mol. The standard InChI is InChI=1S/C20H23ClN2OS.ClH/c1-14-12-22-11-10-19(14)23-20(24)16-4-2-15(3-5-16)13-25-18-8-6-17(21)7-9-18;/h2-9,14,19,22H,10-13H2,1H3,(H,23,24);1H. The number of piperidine rings is 1. The van der Waals surface area contributed by atoms with Gasteiger partial charge in [-0.25, -0.2) is 0 Å². The summed E-state index contributed by atoms with van der Waals surface area (Å²) in [6.07, 6.45) is 0.989. The minimum absolute atomic E-state index is 0. The summed E-state index contributed by atoms with van der Waals surface area (Å²) in [6.45, 7) is 4.11. The van der Waals surface area contributed by atoms with Gasteiger partial charge in [-0.3, -0.25) is 4.79 Å². The lowest BCUT2D eigenvalue weighted by Gasteiger charge is -2.30. The van der Waals surface area contributed by atoms with Gasteiger partial charge in [-0.2, -0.15) is 0 Å². The fraction of sp³-hybridized carbons (Fsp3) is 0.350. The van der Waals surface area contributed by atoms with E-state index in [0.29, 0.717) is 5.92 Å². The molecule has 2 aromatic carbocycles. The van der Waals surface area contributed by atoms with Crippen LogP contribution >= 0.6 is 35.8 Å². The lowest BCUT2D eigenvalue weighted by atomic mass is 9.95. The Morgan fingerprint density at radius 1 is 1.19 bits per heavy atom. The predicted molar refractivity (Wildman–Crippen MR) is 113 cm³/mol. The van der Waals surface area contributed by atoms with Crippen LogP contribution in [0.5, 0.6) is 0 Å². The maximum atomic E-state index is 12.4. The van der Waals surface area contributed by atoms with Crippen molar-refractivity contribution in [1.82, 2.24) is 10.6 Å². The van der Waals surface area contributed by atoms with Crippen LogP contribution in [0.1, 0.15) is 29.3 Å². The molecular weight excluding hydrogens is 387 g/mol. The van der Waals surface area contributed by atoms with E-state index in [9.17, 15) is 4.79 Å². The number of nitrogens with one attached hydrogen (secondary N) is 2. The van der Waals surface area contributed by atoms with E-state index in [4.69, 9.17) is 11.6 Å².